The van der Waals surface area contributed by atoms with E-state index in [-0.39, 0.29) is 0 Å². The molecule has 2 N–H and O–H groups in total. The molecule has 1 aromatic heterocycles. The minimum atomic E-state index is 0.772. The van der Waals surface area contributed by atoms with Crippen molar-refractivity contribution in [2.45, 2.75) is 6.54 Å². The lowest BCUT2D eigenvalue weighted by atomic mass is 10.1. The van der Waals surface area contributed by atoms with Gasteiger partial charge in [-0.3, -0.25) is 0 Å². The molecule has 0 aliphatic carbocycles. The van der Waals surface area contributed by atoms with Crippen LogP contribution in [0.1, 0.15) is 5.56 Å². The van der Waals surface area contributed by atoms with Gasteiger partial charge >= 0.3 is 0 Å². The molecule has 20 heavy (non-hydrogen) atoms. The number of aromatic amines is 1. The summed E-state index contributed by atoms with van der Waals surface area (Å²) in [7, 11) is 0. The Bertz CT molecular complexity index is 742. The Labute approximate surface area is 142 Å². The van der Waals surface area contributed by atoms with E-state index in [9.17, 15) is 0 Å². The van der Waals surface area contributed by atoms with Gasteiger partial charge in [0.2, 0.25) is 0 Å². The first-order valence-corrected chi connectivity index (χ1v) is 8.46. The molecule has 0 bridgehead atoms. The maximum atomic E-state index is 3.59. The van der Waals surface area contributed by atoms with Gasteiger partial charge in [0.25, 0.3) is 0 Å². The van der Waals surface area contributed by atoms with E-state index in [4.69, 9.17) is 0 Å². The number of H-pyrrole nitrogens is 1. The summed E-state index contributed by atoms with van der Waals surface area (Å²) in [5.41, 5.74) is 3.49. The fourth-order valence-electron chi connectivity index (χ4n) is 2.20. The number of anilines is 1. The summed E-state index contributed by atoms with van der Waals surface area (Å²) in [4.78, 5) is 3.24. The van der Waals surface area contributed by atoms with Gasteiger partial charge in [-0.15, -0.1) is 0 Å². The monoisotopic (exact) mass is 456 g/mol. The minimum Gasteiger partial charge on any atom is -0.379 e. The van der Waals surface area contributed by atoms with Crippen molar-refractivity contribution in [3.63, 3.8) is 0 Å². The lowest BCUT2D eigenvalue weighted by molar-refractivity contribution is 1.16. The van der Waals surface area contributed by atoms with Crippen LogP contribution < -0.4 is 5.32 Å². The average Bonchev–Trinajstić information content (AvgIpc) is 2.86. The Morgan fingerprint density at radius 1 is 1.00 bits per heavy atom. The third kappa shape index (κ3) is 2.80. The SMILES string of the molecule is Brc1cc(Br)c(NCc2cccc3[nH]ccc23)c(Br)c1. The number of aromatic nitrogens is 1. The van der Waals surface area contributed by atoms with Gasteiger partial charge in [0, 0.05) is 37.1 Å². The second-order valence-corrected chi connectivity index (χ2v) is 7.08. The summed E-state index contributed by atoms with van der Waals surface area (Å²) in [5, 5.41) is 4.73. The quantitative estimate of drug-likeness (QED) is 0.490. The second kappa shape index (κ2) is 5.92. The van der Waals surface area contributed by atoms with Crippen LogP contribution in [-0.2, 0) is 6.54 Å². The summed E-state index contributed by atoms with van der Waals surface area (Å²) in [6.45, 7) is 0.772. The van der Waals surface area contributed by atoms with Crippen molar-refractivity contribution in [2.75, 3.05) is 5.32 Å². The van der Waals surface area contributed by atoms with Crippen LogP contribution in [0.2, 0.25) is 0 Å². The summed E-state index contributed by atoms with van der Waals surface area (Å²) < 4.78 is 3.09. The molecule has 0 fully saturated rings. The molecule has 2 nitrogen and oxygen atoms in total. The van der Waals surface area contributed by atoms with Crippen molar-refractivity contribution < 1.29 is 0 Å². The number of rotatable bonds is 3. The molecule has 0 saturated heterocycles. The van der Waals surface area contributed by atoms with Gasteiger partial charge in [-0.05, 0) is 61.7 Å². The molecular formula is C15H11Br3N2. The highest BCUT2D eigenvalue weighted by Gasteiger charge is 2.08. The number of nitrogens with one attached hydrogen (secondary N) is 2. The van der Waals surface area contributed by atoms with Crippen molar-refractivity contribution in [3.05, 3.63) is 61.6 Å². The molecule has 0 radical (unpaired) electrons. The summed E-state index contributed by atoms with van der Waals surface area (Å²) in [6.07, 6.45) is 1.97. The standard InChI is InChI=1S/C15H11Br3N2/c16-10-6-12(17)15(13(18)7-10)20-8-9-2-1-3-14-11(9)4-5-19-14/h1-7,19-20H,8H2. The highest BCUT2D eigenvalue weighted by Crippen LogP contribution is 2.34. The minimum absolute atomic E-state index is 0.772. The van der Waals surface area contributed by atoms with E-state index in [1.54, 1.807) is 0 Å². The summed E-state index contributed by atoms with van der Waals surface area (Å²) >= 11 is 10.6. The Morgan fingerprint density at radius 3 is 2.50 bits per heavy atom. The third-order valence-corrected chi connectivity index (χ3v) is 4.86. The fourth-order valence-corrected chi connectivity index (χ4v) is 4.74. The van der Waals surface area contributed by atoms with Crippen LogP contribution in [-0.4, -0.2) is 4.98 Å². The zero-order chi connectivity index (χ0) is 14.1. The lowest BCUT2D eigenvalue weighted by Crippen LogP contribution is -2.01. The van der Waals surface area contributed by atoms with Crippen molar-refractivity contribution in [1.82, 2.24) is 4.98 Å². The van der Waals surface area contributed by atoms with Crippen molar-refractivity contribution in [3.8, 4) is 0 Å². The average molecular weight is 459 g/mol. The molecule has 0 saturated carbocycles. The highest BCUT2D eigenvalue weighted by atomic mass is 79.9. The molecule has 1 heterocycles. The van der Waals surface area contributed by atoms with E-state index in [0.717, 1.165) is 25.7 Å². The normalized spacial score (nSPS) is 10.9. The van der Waals surface area contributed by atoms with Crippen LogP contribution in [0.25, 0.3) is 10.9 Å². The summed E-state index contributed by atoms with van der Waals surface area (Å²) in [5.74, 6) is 0. The summed E-state index contributed by atoms with van der Waals surface area (Å²) in [6, 6.07) is 12.5. The van der Waals surface area contributed by atoms with Crippen LogP contribution in [0.15, 0.2) is 56.0 Å². The predicted molar refractivity (Wildman–Crippen MR) is 95.2 cm³/mol. The van der Waals surface area contributed by atoms with Gasteiger partial charge in [0.05, 0.1) is 5.69 Å². The van der Waals surface area contributed by atoms with Crippen LogP contribution in [0.5, 0.6) is 0 Å². The number of hydrogen-bond acceptors (Lipinski definition) is 1. The molecule has 0 unspecified atom stereocenters. The van der Waals surface area contributed by atoms with Crippen molar-refractivity contribution >= 4 is 64.4 Å². The molecule has 3 rings (SSSR count). The third-order valence-electron chi connectivity index (χ3n) is 3.15. The first kappa shape index (κ1) is 14.2. The molecule has 102 valence electrons. The van der Waals surface area contributed by atoms with Gasteiger partial charge in [-0.25, -0.2) is 0 Å². The molecule has 0 amide bonds. The van der Waals surface area contributed by atoms with E-state index >= 15 is 0 Å². The number of fused-ring (bicyclic) bond motifs is 1. The maximum Gasteiger partial charge on any atom is 0.0632 e. The second-order valence-electron chi connectivity index (χ2n) is 4.45. The van der Waals surface area contributed by atoms with Gasteiger partial charge < -0.3 is 10.3 Å². The van der Waals surface area contributed by atoms with Crippen molar-refractivity contribution in [2.24, 2.45) is 0 Å². The molecule has 5 heteroatoms. The van der Waals surface area contributed by atoms with Crippen LogP contribution in [0, 0.1) is 0 Å². The molecule has 0 atom stereocenters. The van der Waals surface area contributed by atoms with Gasteiger partial charge in [0.1, 0.15) is 0 Å². The van der Waals surface area contributed by atoms with Gasteiger partial charge in [-0.1, -0.05) is 28.1 Å². The Kier molecular flexibility index (Phi) is 4.19. The fraction of sp³-hybridized carbons (Fsp3) is 0.0667. The molecule has 0 aliphatic heterocycles. The van der Waals surface area contributed by atoms with Crippen LogP contribution >= 0.6 is 47.8 Å². The molecule has 2 aromatic carbocycles. The first-order valence-electron chi connectivity index (χ1n) is 6.08. The Hall–Kier alpha value is -0.780. The molecule has 0 spiro atoms. The van der Waals surface area contributed by atoms with E-state index in [2.05, 4.69) is 82.4 Å². The number of halogens is 3. The van der Waals surface area contributed by atoms with E-state index in [0.29, 0.717) is 0 Å². The first-order chi connectivity index (χ1) is 9.65. The van der Waals surface area contributed by atoms with Crippen molar-refractivity contribution in [1.29, 1.82) is 0 Å². The van der Waals surface area contributed by atoms with Crippen LogP contribution in [0.4, 0.5) is 5.69 Å². The van der Waals surface area contributed by atoms with E-state index < -0.39 is 0 Å². The topological polar surface area (TPSA) is 27.8 Å². The molecule has 3 aromatic rings. The Balaban J connectivity index is 1.89. The maximum absolute atomic E-state index is 3.59. The van der Waals surface area contributed by atoms with E-state index in [1.807, 2.05) is 18.3 Å². The van der Waals surface area contributed by atoms with Crippen LogP contribution in [0.3, 0.4) is 0 Å². The Morgan fingerprint density at radius 2 is 1.75 bits per heavy atom. The van der Waals surface area contributed by atoms with Gasteiger partial charge in [0.15, 0.2) is 0 Å². The lowest BCUT2D eigenvalue weighted by Gasteiger charge is -2.12. The highest BCUT2D eigenvalue weighted by molar-refractivity contribution is 9.11. The molecular weight excluding hydrogens is 448 g/mol. The molecule has 0 aliphatic rings. The smallest absolute Gasteiger partial charge is 0.0632 e. The number of hydrogen-bond donors (Lipinski definition) is 2. The number of benzene rings is 2. The zero-order valence-corrected chi connectivity index (χ0v) is 15.1. The van der Waals surface area contributed by atoms with E-state index in [1.165, 1.54) is 16.5 Å². The van der Waals surface area contributed by atoms with Gasteiger partial charge in [-0.2, -0.15) is 0 Å². The predicted octanol–water partition coefficient (Wildman–Crippen LogP) is 6.07. The largest absolute Gasteiger partial charge is 0.379 e. The zero-order valence-electron chi connectivity index (χ0n) is 10.4.